The second-order valence-electron chi connectivity index (χ2n) is 3.96. The number of aromatic nitrogens is 2. The van der Waals surface area contributed by atoms with Crippen molar-refractivity contribution in [3.8, 4) is 5.69 Å². The van der Waals surface area contributed by atoms with E-state index in [1.54, 1.807) is 0 Å². The van der Waals surface area contributed by atoms with E-state index in [0.29, 0.717) is 24.7 Å². The maximum Gasteiger partial charge on any atom is 0.416 e. The van der Waals surface area contributed by atoms with Gasteiger partial charge in [-0.25, -0.2) is 9.37 Å². The summed E-state index contributed by atoms with van der Waals surface area (Å²) in [5.41, 5.74) is 4.85. The molecular weight excluding hydrogens is 262 g/mol. The number of rotatable bonds is 3. The van der Waals surface area contributed by atoms with Crippen LogP contribution < -0.4 is 5.73 Å². The molecule has 0 bridgehead atoms. The van der Waals surface area contributed by atoms with E-state index in [1.165, 1.54) is 17.1 Å². The fourth-order valence-corrected chi connectivity index (χ4v) is 1.75. The minimum Gasteiger partial charge on any atom is -0.330 e. The summed E-state index contributed by atoms with van der Waals surface area (Å²) >= 11 is 0. The normalized spacial score (nSPS) is 11.8. The quantitative estimate of drug-likeness (QED) is 0.873. The van der Waals surface area contributed by atoms with Gasteiger partial charge in [0, 0.05) is 18.3 Å². The summed E-state index contributed by atoms with van der Waals surface area (Å²) in [5.74, 6) is -0.746. The maximum atomic E-state index is 13.7. The molecule has 102 valence electrons. The molecule has 1 aromatic carbocycles. The van der Waals surface area contributed by atoms with Crippen LogP contribution in [0.3, 0.4) is 0 Å². The average molecular weight is 273 g/mol. The van der Waals surface area contributed by atoms with E-state index in [2.05, 4.69) is 4.98 Å². The highest BCUT2D eigenvalue weighted by Crippen LogP contribution is 2.31. The first-order valence-corrected chi connectivity index (χ1v) is 5.52. The van der Waals surface area contributed by atoms with Crippen molar-refractivity contribution < 1.29 is 17.6 Å². The van der Waals surface area contributed by atoms with Crippen LogP contribution >= 0.6 is 0 Å². The number of nitrogens with two attached hydrogens (primary N) is 1. The third-order valence-electron chi connectivity index (χ3n) is 2.65. The summed E-state index contributed by atoms with van der Waals surface area (Å²) in [6.45, 7) is 0.298. The molecule has 0 aliphatic rings. The topological polar surface area (TPSA) is 43.8 Å². The summed E-state index contributed by atoms with van der Waals surface area (Å²) in [5, 5.41) is 0. The van der Waals surface area contributed by atoms with Gasteiger partial charge in [-0.1, -0.05) is 0 Å². The Kier molecular flexibility index (Phi) is 3.57. The monoisotopic (exact) mass is 273 g/mol. The molecule has 0 spiro atoms. The molecule has 0 saturated heterocycles. The maximum absolute atomic E-state index is 13.7. The number of imidazole rings is 1. The first-order chi connectivity index (χ1) is 8.93. The molecule has 2 rings (SSSR count). The third-order valence-corrected chi connectivity index (χ3v) is 2.65. The number of alkyl halides is 3. The van der Waals surface area contributed by atoms with Crippen LogP contribution in [0, 0.1) is 5.82 Å². The van der Waals surface area contributed by atoms with Crippen molar-refractivity contribution in [2.75, 3.05) is 6.54 Å². The van der Waals surface area contributed by atoms with Crippen molar-refractivity contribution in [2.24, 2.45) is 5.73 Å². The predicted octanol–water partition coefficient (Wildman–Crippen LogP) is 2.53. The smallest absolute Gasteiger partial charge is 0.330 e. The minimum atomic E-state index is -4.52. The second kappa shape index (κ2) is 5.00. The fourth-order valence-electron chi connectivity index (χ4n) is 1.75. The highest BCUT2D eigenvalue weighted by atomic mass is 19.4. The Balaban J connectivity index is 2.52. The van der Waals surface area contributed by atoms with E-state index in [4.69, 9.17) is 5.73 Å². The first-order valence-electron chi connectivity index (χ1n) is 5.52. The standard InChI is InChI=1S/C12H11F4N3/c13-10-2-1-8(12(14,15)16)5-11(10)19-7-18-6-9(19)3-4-17/h1-2,5-7H,3-4,17H2. The lowest BCUT2D eigenvalue weighted by Crippen LogP contribution is -2.10. The molecular formula is C12H11F4N3. The van der Waals surface area contributed by atoms with E-state index in [-0.39, 0.29) is 5.69 Å². The van der Waals surface area contributed by atoms with Crippen LogP contribution in [0.4, 0.5) is 17.6 Å². The van der Waals surface area contributed by atoms with E-state index in [1.807, 2.05) is 0 Å². The highest BCUT2D eigenvalue weighted by Gasteiger charge is 2.31. The molecule has 1 aromatic heterocycles. The van der Waals surface area contributed by atoms with Crippen molar-refractivity contribution in [3.05, 3.63) is 47.8 Å². The zero-order chi connectivity index (χ0) is 14.0. The van der Waals surface area contributed by atoms with Crippen LogP contribution in [0.2, 0.25) is 0 Å². The van der Waals surface area contributed by atoms with Gasteiger partial charge in [-0.3, -0.25) is 0 Å². The first kappa shape index (κ1) is 13.5. The Morgan fingerprint density at radius 1 is 1.26 bits per heavy atom. The Bertz CT molecular complexity index is 575. The van der Waals surface area contributed by atoms with Crippen molar-refractivity contribution in [1.82, 2.24) is 9.55 Å². The fraction of sp³-hybridized carbons (Fsp3) is 0.250. The van der Waals surface area contributed by atoms with Crippen molar-refractivity contribution in [2.45, 2.75) is 12.6 Å². The second-order valence-corrected chi connectivity index (χ2v) is 3.96. The molecule has 0 amide bonds. The van der Waals surface area contributed by atoms with Crippen molar-refractivity contribution in [1.29, 1.82) is 0 Å². The molecule has 2 N–H and O–H groups in total. The van der Waals surface area contributed by atoms with E-state index < -0.39 is 17.6 Å². The Morgan fingerprint density at radius 3 is 2.63 bits per heavy atom. The Labute approximate surface area is 106 Å². The number of nitrogens with zero attached hydrogens (tertiary/aromatic N) is 2. The van der Waals surface area contributed by atoms with E-state index >= 15 is 0 Å². The van der Waals surface area contributed by atoms with Crippen molar-refractivity contribution in [3.63, 3.8) is 0 Å². The molecule has 0 aliphatic heterocycles. The van der Waals surface area contributed by atoms with Gasteiger partial charge >= 0.3 is 6.18 Å². The molecule has 7 heteroatoms. The lowest BCUT2D eigenvalue weighted by atomic mass is 10.1. The van der Waals surface area contributed by atoms with Gasteiger partial charge in [0.1, 0.15) is 5.82 Å². The number of hydrogen-bond acceptors (Lipinski definition) is 2. The molecule has 2 aromatic rings. The largest absolute Gasteiger partial charge is 0.416 e. The number of hydrogen-bond donors (Lipinski definition) is 1. The van der Waals surface area contributed by atoms with Gasteiger partial charge in [0.05, 0.1) is 17.6 Å². The summed E-state index contributed by atoms with van der Waals surface area (Å²) < 4.78 is 52.8. The third kappa shape index (κ3) is 2.76. The SMILES string of the molecule is NCCc1cncn1-c1cc(C(F)(F)F)ccc1F. The average Bonchev–Trinajstić information content (AvgIpc) is 2.77. The van der Waals surface area contributed by atoms with Gasteiger partial charge in [0.2, 0.25) is 0 Å². The van der Waals surface area contributed by atoms with Gasteiger partial charge in [-0.05, 0) is 24.7 Å². The molecule has 0 fully saturated rings. The molecule has 0 unspecified atom stereocenters. The highest BCUT2D eigenvalue weighted by molar-refractivity contribution is 5.40. The van der Waals surface area contributed by atoms with Gasteiger partial charge in [-0.15, -0.1) is 0 Å². The van der Waals surface area contributed by atoms with Crippen LogP contribution in [0.5, 0.6) is 0 Å². The van der Waals surface area contributed by atoms with Crippen LogP contribution in [-0.2, 0) is 12.6 Å². The molecule has 0 aliphatic carbocycles. The summed E-state index contributed by atoms with van der Waals surface area (Å²) in [6.07, 6.45) is -1.40. The van der Waals surface area contributed by atoms with Gasteiger partial charge in [0.25, 0.3) is 0 Å². The van der Waals surface area contributed by atoms with Gasteiger partial charge in [0.15, 0.2) is 0 Å². The van der Waals surface area contributed by atoms with Crippen molar-refractivity contribution >= 4 is 0 Å². The molecule has 3 nitrogen and oxygen atoms in total. The molecule has 0 saturated carbocycles. The summed E-state index contributed by atoms with van der Waals surface area (Å²) in [6, 6.07) is 2.26. The van der Waals surface area contributed by atoms with Crippen LogP contribution in [0.25, 0.3) is 5.69 Å². The molecule has 1 heterocycles. The molecule has 0 atom stereocenters. The summed E-state index contributed by atoms with van der Waals surface area (Å²) in [7, 11) is 0. The van der Waals surface area contributed by atoms with Crippen LogP contribution in [0.15, 0.2) is 30.7 Å². The molecule has 19 heavy (non-hydrogen) atoms. The Hall–Kier alpha value is -1.89. The van der Waals surface area contributed by atoms with Crippen LogP contribution in [-0.4, -0.2) is 16.1 Å². The predicted molar refractivity (Wildman–Crippen MR) is 61.3 cm³/mol. The summed E-state index contributed by atoms with van der Waals surface area (Å²) in [4.78, 5) is 3.81. The van der Waals surface area contributed by atoms with E-state index in [9.17, 15) is 17.6 Å². The van der Waals surface area contributed by atoms with Crippen LogP contribution in [0.1, 0.15) is 11.3 Å². The Morgan fingerprint density at radius 2 is 2.00 bits per heavy atom. The van der Waals surface area contributed by atoms with E-state index in [0.717, 1.165) is 12.1 Å². The minimum absolute atomic E-state index is 0.184. The zero-order valence-corrected chi connectivity index (χ0v) is 9.78. The molecule has 0 radical (unpaired) electrons. The lowest BCUT2D eigenvalue weighted by molar-refractivity contribution is -0.137. The zero-order valence-electron chi connectivity index (χ0n) is 9.78. The van der Waals surface area contributed by atoms with Gasteiger partial charge < -0.3 is 10.3 Å². The number of benzene rings is 1. The lowest BCUT2D eigenvalue weighted by Gasteiger charge is -2.12. The number of halogens is 4. The van der Waals surface area contributed by atoms with Gasteiger partial charge in [-0.2, -0.15) is 13.2 Å².